The molecule has 2 aromatic rings. The summed E-state index contributed by atoms with van der Waals surface area (Å²) in [6, 6.07) is 8.47. The van der Waals surface area contributed by atoms with Gasteiger partial charge in [-0.1, -0.05) is 18.2 Å². The lowest BCUT2D eigenvalue weighted by molar-refractivity contribution is -0.103. The minimum absolute atomic E-state index is 0.0424. The molecule has 0 unspecified atom stereocenters. The van der Waals surface area contributed by atoms with E-state index < -0.39 is 26.2 Å². The zero-order valence-electron chi connectivity index (χ0n) is 12.7. The molecule has 0 aromatic heterocycles. The summed E-state index contributed by atoms with van der Waals surface area (Å²) in [7, 11) is -5.74. The molecule has 0 aliphatic carbocycles. The summed E-state index contributed by atoms with van der Waals surface area (Å²) >= 11 is 4.42. The summed E-state index contributed by atoms with van der Waals surface area (Å²) in [5.41, 5.74) is -4.91. The van der Waals surface area contributed by atoms with E-state index in [1.54, 1.807) is 18.2 Å². The normalized spacial score (nSPS) is 20.5. The van der Waals surface area contributed by atoms with Crippen molar-refractivity contribution in [3.63, 3.8) is 0 Å². The smallest absolute Gasteiger partial charge is 0.472 e. The van der Waals surface area contributed by atoms with Crippen LogP contribution in [0.5, 0.6) is 5.75 Å². The molecular weight excluding hydrogens is 395 g/mol. The van der Waals surface area contributed by atoms with E-state index in [1.807, 2.05) is 0 Å². The zero-order valence-corrected chi connectivity index (χ0v) is 14.4. The van der Waals surface area contributed by atoms with Crippen LogP contribution in [0, 0.1) is 0 Å². The number of carbonyl (C=O) groups is 1. The summed E-state index contributed by atoms with van der Waals surface area (Å²) in [6.45, 7) is 0.0424. The van der Waals surface area contributed by atoms with Crippen molar-refractivity contribution in [3.8, 4) is 5.75 Å². The topological polar surface area (TPSA) is 82.0 Å². The average molecular weight is 405 g/mol. The summed E-state index contributed by atoms with van der Waals surface area (Å²) in [6.07, 6.45) is 0.462. The molecule has 0 fully saturated rings. The Morgan fingerprint density at radius 2 is 1.85 bits per heavy atom. The number of carbonyl (C=O) groups excluding carboxylic acids is 1. The molecule has 138 valence electrons. The van der Waals surface area contributed by atoms with Crippen LogP contribution in [0.4, 0.5) is 13.2 Å². The second-order valence-corrected chi connectivity index (χ2v) is 7.66. The Balaban J connectivity index is 1.94. The molecule has 0 radical (unpaired) electrons. The van der Waals surface area contributed by atoms with Crippen LogP contribution in [0.3, 0.4) is 0 Å². The molecule has 2 aromatic carbocycles. The number of hydrogen-bond donors (Lipinski definition) is 1. The number of rotatable bonds is 4. The number of aliphatic imine (C=N–C) groups is 1. The standard InChI is InChI=1S/C15H10F3NO5S2/c16-15(17,18)26(21,22)24-12-4-2-9-5-11(3-1-10(9)6-12)14(25)8-23-13(7-20)19-14/h1-7,25H,8H2/t14-/m0/s1. The number of aldehydes is 1. The Labute approximate surface area is 151 Å². The summed E-state index contributed by atoms with van der Waals surface area (Å²) in [5.74, 6) is -0.546. The third kappa shape index (κ3) is 3.36. The predicted octanol–water partition coefficient (Wildman–Crippen LogP) is 2.78. The highest BCUT2D eigenvalue weighted by Crippen LogP contribution is 2.37. The summed E-state index contributed by atoms with van der Waals surface area (Å²) in [4.78, 5) is 13.7. The van der Waals surface area contributed by atoms with Crippen LogP contribution >= 0.6 is 12.6 Å². The van der Waals surface area contributed by atoms with Crippen molar-refractivity contribution in [2.75, 3.05) is 6.61 Å². The molecule has 1 atom stereocenters. The van der Waals surface area contributed by atoms with Crippen LogP contribution in [0.15, 0.2) is 41.4 Å². The third-order valence-electron chi connectivity index (χ3n) is 3.58. The van der Waals surface area contributed by atoms with Gasteiger partial charge in [-0.25, -0.2) is 4.99 Å². The van der Waals surface area contributed by atoms with Crippen molar-refractivity contribution in [3.05, 3.63) is 42.0 Å². The molecule has 0 saturated heterocycles. The van der Waals surface area contributed by atoms with Gasteiger partial charge in [0.1, 0.15) is 12.4 Å². The molecule has 1 aliphatic rings. The highest BCUT2D eigenvalue weighted by atomic mass is 32.2. The first-order chi connectivity index (χ1) is 12.0. The average Bonchev–Trinajstić information content (AvgIpc) is 2.96. The van der Waals surface area contributed by atoms with Crippen LogP contribution in [0.1, 0.15) is 5.56 Å². The SMILES string of the molecule is O=CC1=N[C@@](S)(c2ccc3cc(OS(=O)(=O)C(F)(F)F)ccc3c2)CO1. The van der Waals surface area contributed by atoms with Crippen molar-refractivity contribution in [2.24, 2.45) is 4.99 Å². The Morgan fingerprint density at radius 1 is 1.19 bits per heavy atom. The van der Waals surface area contributed by atoms with Gasteiger partial charge in [0.05, 0.1) is 0 Å². The lowest BCUT2D eigenvalue weighted by atomic mass is 10.0. The monoisotopic (exact) mass is 405 g/mol. The highest BCUT2D eigenvalue weighted by Gasteiger charge is 2.48. The Morgan fingerprint density at radius 3 is 2.46 bits per heavy atom. The summed E-state index contributed by atoms with van der Waals surface area (Å²) in [5, 5.41) is 1.03. The maximum atomic E-state index is 12.4. The van der Waals surface area contributed by atoms with Crippen molar-refractivity contribution in [1.82, 2.24) is 0 Å². The number of fused-ring (bicyclic) bond motifs is 1. The fourth-order valence-electron chi connectivity index (χ4n) is 2.33. The minimum Gasteiger partial charge on any atom is -0.472 e. The largest absolute Gasteiger partial charge is 0.534 e. The Bertz CT molecular complexity index is 1020. The fraction of sp³-hybridized carbons (Fsp3) is 0.200. The molecule has 0 N–H and O–H groups in total. The first-order valence-corrected chi connectivity index (χ1v) is 8.85. The van der Waals surface area contributed by atoms with E-state index in [0.717, 1.165) is 6.07 Å². The van der Waals surface area contributed by atoms with Crippen molar-refractivity contribution in [1.29, 1.82) is 0 Å². The molecule has 3 rings (SSSR count). The maximum Gasteiger partial charge on any atom is 0.534 e. The third-order valence-corrected chi connectivity index (χ3v) is 5.05. The first kappa shape index (κ1) is 18.5. The molecule has 11 heteroatoms. The van der Waals surface area contributed by atoms with E-state index in [1.165, 1.54) is 12.1 Å². The van der Waals surface area contributed by atoms with E-state index in [-0.39, 0.29) is 12.5 Å². The molecule has 0 amide bonds. The number of benzene rings is 2. The number of hydrogen-bond acceptors (Lipinski definition) is 7. The molecule has 6 nitrogen and oxygen atoms in total. The van der Waals surface area contributed by atoms with Crippen LogP contribution in [-0.4, -0.2) is 32.7 Å². The van der Waals surface area contributed by atoms with E-state index in [9.17, 15) is 26.4 Å². The molecule has 0 spiro atoms. The van der Waals surface area contributed by atoms with Crippen LogP contribution in [0.25, 0.3) is 10.8 Å². The van der Waals surface area contributed by atoms with Crippen LogP contribution in [0.2, 0.25) is 0 Å². The van der Waals surface area contributed by atoms with Crippen molar-refractivity contribution < 1.29 is 35.3 Å². The van der Waals surface area contributed by atoms with E-state index in [0.29, 0.717) is 22.6 Å². The highest BCUT2D eigenvalue weighted by molar-refractivity contribution is 7.88. The van der Waals surface area contributed by atoms with Gasteiger partial charge in [0.15, 0.2) is 4.87 Å². The van der Waals surface area contributed by atoms with Crippen molar-refractivity contribution >= 4 is 45.7 Å². The van der Waals surface area contributed by atoms with E-state index in [4.69, 9.17) is 4.74 Å². The van der Waals surface area contributed by atoms with E-state index >= 15 is 0 Å². The first-order valence-electron chi connectivity index (χ1n) is 6.99. The van der Waals surface area contributed by atoms with Gasteiger partial charge in [0, 0.05) is 0 Å². The number of thiol groups is 1. The van der Waals surface area contributed by atoms with E-state index in [2.05, 4.69) is 21.8 Å². The van der Waals surface area contributed by atoms with Gasteiger partial charge in [-0.3, -0.25) is 4.79 Å². The van der Waals surface area contributed by atoms with Gasteiger partial charge in [0.25, 0.3) is 5.90 Å². The molecule has 1 aliphatic heterocycles. The second-order valence-electron chi connectivity index (χ2n) is 5.38. The van der Waals surface area contributed by atoms with Crippen LogP contribution < -0.4 is 4.18 Å². The predicted molar refractivity (Wildman–Crippen MR) is 89.7 cm³/mol. The van der Waals surface area contributed by atoms with Crippen LogP contribution in [-0.2, 0) is 24.5 Å². The quantitative estimate of drug-likeness (QED) is 0.366. The molecule has 26 heavy (non-hydrogen) atoms. The number of halogens is 3. The Hall–Kier alpha value is -2.27. The molecular formula is C15H10F3NO5S2. The number of nitrogens with zero attached hydrogens (tertiary/aromatic N) is 1. The maximum absolute atomic E-state index is 12.4. The lowest BCUT2D eigenvalue weighted by Gasteiger charge is -2.18. The van der Waals surface area contributed by atoms with Gasteiger partial charge in [-0.15, -0.1) is 12.6 Å². The summed E-state index contributed by atoms with van der Waals surface area (Å²) < 4.78 is 68.5. The second kappa shape index (κ2) is 6.16. The molecule has 0 saturated carbocycles. The van der Waals surface area contributed by atoms with Gasteiger partial charge in [-0.05, 0) is 34.5 Å². The Kier molecular flexibility index (Phi) is 4.39. The lowest BCUT2D eigenvalue weighted by Crippen LogP contribution is -2.28. The molecule has 0 bridgehead atoms. The zero-order chi connectivity index (χ0) is 19.2. The fourth-order valence-corrected chi connectivity index (χ4v) is 3.08. The molecule has 1 heterocycles. The van der Waals surface area contributed by atoms with Crippen molar-refractivity contribution in [2.45, 2.75) is 10.4 Å². The minimum atomic E-state index is -5.74. The van der Waals surface area contributed by atoms with Gasteiger partial charge >= 0.3 is 15.6 Å². The number of ether oxygens (including phenoxy) is 1. The number of alkyl halides is 3. The van der Waals surface area contributed by atoms with Gasteiger partial charge in [0.2, 0.25) is 6.29 Å². The van der Waals surface area contributed by atoms with Gasteiger partial charge in [-0.2, -0.15) is 21.6 Å². The van der Waals surface area contributed by atoms with Gasteiger partial charge < -0.3 is 8.92 Å².